The van der Waals surface area contributed by atoms with Crippen LogP contribution in [0.15, 0.2) is 30.6 Å². The van der Waals surface area contributed by atoms with Crippen molar-refractivity contribution in [2.75, 3.05) is 0 Å². The molecular weight excluding hydrogens is 138 g/mol. The van der Waals surface area contributed by atoms with Gasteiger partial charge in [0.25, 0.3) is 0 Å². The van der Waals surface area contributed by atoms with E-state index in [1.807, 2.05) is 12.1 Å². The molecule has 0 spiro atoms. The van der Waals surface area contributed by atoms with Crippen LogP contribution in [-0.4, -0.2) is 9.97 Å². The molecule has 0 saturated carbocycles. The molecule has 2 heterocycles. The molecule has 2 rings (SSSR count). The van der Waals surface area contributed by atoms with E-state index in [0.29, 0.717) is 0 Å². The van der Waals surface area contributed by atoms with E-state index in [4.69, 9.17) is 5.73 Å². The Labute approximate surface area is 63.9 Å². The summed E-state index contributed by atoms with van der Waals surface area (Å²) in [5, 5.41) is 0.801. The summed E-state index contributed by atoms with van der Waals surface area (Å²) in [6.45, 7) is 0. The predicted molar refractivity (Wildman–Crippen MR) is 42.3 cm³/mol. The average Bonchev–Trinajstić information content (AvgIpc) is 2.06. The lowest BCUT2D eigenvalue weighted by Gasteiger charge is -1.95. The minimum absolute atomic E-state index is 0.288. The molecule has 0 saturated heterocycles. The molecule has 1 radical (unpaired) electrons. The van der Waals surface area contributed by atoms with Gasteiger partial charge in [0.15, 0.2) is 5.82 Å². The van der Waals surface area contributed by atoms with Gasteiger partial charge in [-0.3, -0.25) is 10.7 Å². The molecule has 0 aliphatic rings. The maximum absolute atomic E-state index is 7.41. The summed E-state index contributed by atoms with van der Waals surface area (Å²) in [6.07, 6.45) is 3.30. The Bertz CT molecular complexity index is 378. The fraction of sp³-hybridized carbons (Fsp3) is 0. The molecule has 0 unspecified atom stereocenters. The van der Waals surface area contributed by atoms with Gasteiger partial charge in [0.05, 0.1) is 5.52 Å². The van der Waals surface area contributed by atoms with Crippen LogP contribution in [0.1, 0.15) is 0 Å². The maximum Gasteiger partial charge on any atom is 0.153 e. The van der Waals surface area contributed by atoms with E-state index >= 15 is 0 Å². The summed E-state index contributed by atoms with van der Waals surface area (Å²) in [5.41, 5.74) is 8.24. The standard InChI is InChI=1S/C8H6N3/c9-8-6-2-1-4-10-7(6)3-5-11-8/h1-5,9H. The number of nitrogens with one attached hydrogen (secondary N) is 1. The zero-order chi connectivity index (χ0) is 7.68. The number of pyridine rings is 2. The highest BCUT2D eigenvalue weighted by Gasteiger charge is 1.96. The highest BCUT2D eigenvalue weighted by Crippen LogP contribution is 2.15. The third kappa shape index (κ3) is 0.902. The summed E-state index contributed by atoms with van der Waals surface area (Å²) in [5.74, 6) is 0.288. The third-order valence-electron chi connectivity index (χ3n) is 1.53. The lowest BCUT2D eigenvalue weighted by Crippen LogP contribution is -1.82. The van der Waals surface area contributed by atoms with Crippen LogP contribution in [0.3, 0.4) is 0 Å². The van der Waals surface area contributed by atoms with Crippen LogP contribution in [0, 0.1) is 0 Å². The topological polar surface area (TPSA) is 49.6 Å². The Morgan fingerprint density at radius 1 is 1.09 bits per heavy atom. The predicted octanol–water partition coefficient (Wildman–Crippen LogP) is 1.54. The maximum atomic E-state index is 7.41. The Morgan fingerprint density at radius 3 is 2.82 bits per heavy atom. The molecule has 2 aromatic heterocycles. The largest absolute Gasteiger partial charge is 0.282 e. The first kappa shape index (κ1) is 6.09. The molecule has 11 heavy (non-hydrogen) atoms. The Balaban J connectivity index is 2.91. The fourth-order valence-electron chi connectivity index (χ4n) is 1.00. The number of fused-ring (bicyclic) bond motifs is 1. The van der Waals surface area contributed by atoms with Crippen molar-refractivity contribution in [3.63, 3.8) is 0 Å². The van der Waals surface area contributed by atoms with E-state index in [-0.39, 0.29) is 5.82 Å². The van der Waals surface area contributed by atoms with Gasteiger partial charge in [-0.05, 0) is 18.2 Å². The molecule has 53 valence electrons. The number of aromatic nitrogens is 2. The molecule has 0 bridgehead atoms. The van der Waals surface area contributed by atoms with Crippen LogP contribution in [0.5, 0.6) is 0 Å². The Hall–Kier alpha value is -1.64. The molecule has 2 aromatic rings. The van der Waals surface area contributed by atoms with Crippen molar-refractivity contribution in [1.82, 2.24) is 15.7 Å². The van der Waals surface area contributed by atoms with Crippen LogP contribution < -0.4 is 5.73 Å². The van der Waals surface area contributed by atoms with Crippen molar-refractivity contribution in [2.24, 2.45) is 0 Å². The van der Waals surface area contributed by atoms with Crippen molar-refractivity contribution in [2.45, 2.75) is 0 Å². The molecule has 0 aliphatic heterocycles. The van der Waals surface area contributed by atoms with E-state index in [1.165, 1.54) is 0 Å². The van der Waals surface area contributed by atoms with Crippen LogP contribution in [0.4, 0.5) is 5.82 Å². The summed E-state index contributed by atoms with van der Waals surface area (Å²) < 4.78 is 0. The van der Waals surface area contributed by atoms with E-state index in [0.717, 1.165) is 10.9 Å². The Morgan fingerprint density at radius 2 is 2.00 bits per heavy atom. The van der Waals surface area contributed by atoms with Crippen molar-refractivity contribution in [3.05, 3.63) is 30.6 Å². The summed E-state index contributed by atoms with van der Waals surface area (Å²) >= 11 is 0. The van der Waals surface area contributed by atoms with Gasteiger partial charge < -0.3 is 0 Å². The van der Waals surface area contributed by atoms with E-state index < -0.39 is 0 Å². The second kappa shape index (κ2) is 2.20. The summed E-state index contributed by atoms with van der Waals surface area (Å²) in [7, 11) is 0. The number of nitrogens with zero attached hydrogens (tertiary/aromatic N) is 2. The first-order chi connectivity index (χ1) is 5.38. The second-order valence-corrected chi connectivity index (χ2v) is 2.23. The quantitative estimate of drug-likeness (QED) is 0.563. The molecule has 0 aromatic carbocycles. The monoisotopic (exact) mass is 144 g/mol. The molecule has 3 heteroatoms. The summed E-state index contributed by atoms with van der Waals surface area (Å²) in [4.78, 5) is 7.92. The molecule has 3 nitrogen and oxygen atoms in total. The van der Waals surface area contributed by atoms with Crippen molar-refractivity contribution in [1.29, 1.82) is 0 Å². The van der Waals surface area contributed by atoms with Gasteiger partial charge in [0.1, 0.15) is 0 Å². The number of rotatable bonds is 0. The highest BCUT2D eigenvalue weighted by molar-refractivity contribution is 5.86. The fourth-order valence-corrected chi connectivity index (χ4v) is 1.00. The van der Waals surface area contributed by atoms with E-state index in [9.17, 15) is 0 Å². The molecule has 0 fully saturated rings. The van der Waals surface area contributed by atoms with Gasteiger partial charge >= 0.3 is 0 Å². The third-order valence-corrected chi connectivity index (χ3v) is 1.53. The first-order valence-electron chi connectivity index (χ1n) is 3.29. The van der Waals surface area contributed by atoms with Gasteiger partial charge in [0, 0.05) is 17.8 Å². The van der Waals surface area contributed by atoms with E-state index in [1.54, 1.807) is 18.5 Å². The van der Waals surface area contributed by atoms with E-state index in [2.05, 4.69) is 9.97 Å². The summed E-state index contributed by atoms with van der Waals surface area (Å²) in [6, 6.07) is 5.45. The minimum atomic E-state index is 0.288. The van der Waals surface area contributed by atoms with Crippen LogP contribution in [0.2, 0.25) is 0 Å². The number of hydrogen-bond donors (Lipinski definition) is 0. The Kier molecular flexibility index (Phi) is 1.22. The highest BCUT2D eigenvalue weighted by atomic mass is 14.8. The molecule has 0 aliphatic carbocycles. The van der Waals surface area contributed by atoms with Crippen LogP contribution in [0.25, 0.3) is 10.9 Å². The van der Waals surface area contributed by atoms with Gasteiger partial charge in [-0.2, -0.15) is 0 Å². The van der Waals surface area contributed by atoms with Crippen molar-refractivity contribution >= 4 is 16.7 Å². The van der Waals surface area contributed by atoms with Crippen LogP contribution in [-0.2, 0) is 0 Å². The SMILES string of the molecule is [NH]c1nccc2ncccc12. The van der Waals surface area contributed by atoms with Crippen molar-refractivity contribution < 1.29 is 0 Å². The van der Waals surface area contributed by atoms with Gasteiger partial charge in [0.2, 0.25) is 0 Å². The normalized spacial score (nSPS) is 10.2. The first-order valence-corrected chi connectivity index (χ1v) is 3.29. The van der Waals surface area contributed by atoms with Gasteiger partial charge in [-0.15, -0.1) is 0 Å². The molecule has 1 N–H and O–H groups in total. The average molecular weight is 144 g/mol. The molecular formula is C8H6N3. The van der Waals surface area contributed by atoms with Gasteiger partial charge in [-0.25, -0.2) is 4.98 Å². The zero-order valence-electron chi connectivity index (χ0n) is 5.78. The van der Waals surface area contributed by atoms with Crippen molar-refractivity contribution in [3.8, 4) is 0 Å². The lowest BCUT2D eigenvalue weighted by atomic mass is 10.2. The smallest absolute Gasteiger partial charge is 0.153 e. The second-order valence-electron chi connectivity index (χ2n) is 2.23. The zero-order valence-corrected chi connectivity index (χ0v) is 5.78. The lowest BCUT2D eigenvalue weighted by molar-refractivity contribution is 1.27. The molecule has 0 atom stereocenters. The minimum Gasteiger partial charge on any atom is -0.282 e. The van der Waals surface area contributed by atoms with Crippen LogP contribution >= 0.6 is 0 Å². The molecule has 0 amide bonds. The van der Waals surface area contributed by atoms with Gasteiger partial charge in [-0.1, -0.05) is 0 Å². The number of hydrogen-bond acceptors (Lipinski definition) is 2.